The van der Waals surface area contributed by atoms with E-state index in [0.29, 0.717) is 13.2 Å². The quantitative estimate of drug-likeness (QED) is 0.529. The van der Waals surface area contributed by atoms with Gasteiger partial charge in [-0.25, -0.2) is 0 Å². The van der Waals surface area contributed by atoms with E-state index in [1.807, 2.05) is 22.9 Å². The monoisotopic (exact) mass is 228 g/mol. The van der Waals surface area contributed by atoms with Gasteiger partial charge in [0.25, 0.3) is 0 Å². The molecular weight excluding hydrogens is 208 g/mol. The van der Waals surface area contributed by atoms with Crippen molar-refractivity contribution in [1.82, 2.24) is 9.88 Å². The molecule has 16 heavy (non-hydrogen) atoms. The zero-order chi connectivity index (χ0) is 11.8. The molecule has 0 fully saturated rings. The molecule has 5 heteroatoms. The van der Waals surface area contributed by atoms with Gasteiger partial charge in [0.15, 0.2) is 0 Å². The van der Waals surface area contributed by atoms with Crippen LogP contribution in [0.2, 0.25) is 0 Å². The van der Waals surface area contributed by atoms with Crippen molar-refractivity contribution >= 4 is 0 Å². The molecule has 1 aromatic heterocycles. The molecule has 0 aliphatic rings. The fourth-order valence-electron chi connectivity index (χ4n) is 1.46. The molecular formula is C11H20N2O3. The summed E-state index contributed by atoms with van der Waals surface area (Å²) in [7, 11) is 1.67. The molecule has 0 aliphatic heterocycles. The first kappa shape index (κ1) is 13.2. The first-order valence-electron chi connectivity index (χ1n) is 5.40. The fraction of sp³-hybridized carbons (Fsp3) is 0.636. The van der Waals surface area contributed by atoms with Gasteiger partial charge < -0.3 is 24.8 Å². The first-order chi connectivity index (χ1) is 7.77. The highest BCUT2D eigenvalue weighted by Crippen LogP contribution is 2.03. The third-order valence-electron chi connectivity index (χ3n) is 2.33. The summed E-state index contributed by atoms with van der Waals surface area (Å²) in [6, 6.07) is 3.92. The molecule has 0 saturated heterocycles. The number of aliphatic hydroxyl groups is 2. The van der Waals surface area contributed by atoms with Gasteiger partial charge in [-0.05, 0) is 12.1 Å². The molecule has 1 aromatic rings. The van der Waals surface area contributed by atoms with Gasteiger partial charge in [0.1, 0.15) is 0 Å². The van der Waals surface area contributed by atoms with Gasteiger partial charge in [-0.2, -0.15) is 0 Å². The topological polar surface area (TPSA) is 66.7 Å². The molecule has 1 unspecified atom stereocenters. The molecule has 1 rings (SSSR count). The summed E-state index contributed by atoms with van der Waals surface area (Å²) in [5.41, 5.74) is 1.09. The van der Waals surface area contributed by atoms with Crippen LogP contribution in [0.4, 0.5) is 0 Å². The highest BCUT2D eigenvalue weighted by Gasteiger charge is 2.06. The van der Waals surface area contributed by atoms with E-state index in [9.17, 15) is 5.11 Å². The molecule has 1 heterocycles. The number of ether oxygens (including phenoxy) is 1. The van der Waals surface area contributed by atoms with E-state index >= 15 is 0 Å². The maximum Gasteiger partial charge on any atom is 0.0949 e. The number of aliphatic hydroxyl groups excluding tert-OH is 2. The minimum absolute atomic E-state index is 0.214. The van der Waals surface area contributed by atoms with Crippen molar-refractivity contribution in [2.45, 2.75) is 19.2 Å². The predicted octanol–water partition coefficient (Wildman–Crippen LogP) is -0.423. The number of hydrogen-bond acceptors (Lipinski definition) is 4. The average Bonchev–Trinajstić information content (AvgIpc) is 2.72. The number of nitrogens with zero attached hydrogens (tertiary/aromatic N) is 1. The van der Waals surface area contributed by atoms with Gasteiger partial charge in [-0.3, -0.25) is 0 Å². The van der Waals surface area contributed by atoms with Crippen LogP contribution in [-0.2, 0) is 17.8 Å². The zero-order valence-electron chi connectivity index (χ0n) is 9.59. The van der Waals surface area contributed by atoms with Crippen molar-refractivity contribution in [2.75, 3.05) is 26.9 Å². The van der Waals surface area contributed by atoms with Crippen molar-refractivity contribution in [3.63, 3.8) is 0 Å². The summed E-state index contributed by atoms with van der Waals surface area (Å²) < 4.78 is 6.86. The lowest BCUT2D eigenvalue weighted by Gasteiger charge is -2.13. The average molecular weight is 228 g/mol. The molecule has 92 valence electrons. The molecule has 0 bridgehead atoms. The Labute approximate surface area is 95.7 Å². The van der Waals surface area contributed by atoms with Crippen molar-refractivity contribution < 1.29 is 14.9 Å². The second-order valence-corrected chi connectivity index (χ2v) is 3.66. The second-order valence-electron chi connectivity index (χ2n) is 3.66. The number of hydrogen-bond donors (Lipinski definition) is 3. The SMILES string of the molecule is COCCNCc1cccn1CC(O)CO. The Kier molecular flexibility index (Phi) is 6.10. The third-order valence-corrected chi connectivity index (χ3v) is 2.33. The Balaban J connectivity index is 2.38. The van der Waals surface area contributed by atoms with Crippen LogP contribution in [0.15, 0.2) is 18.3 Å². The van der Waals surface area contributed by atoms with Crippen molar-refractivity contribution in [1.29, 1.82) is 0 Å². The second kappa shape index (κ2) is 7.40. The molecule has 0 amide bonds. The Morgan fingerprint density at radius 2 is 2.38 bits per heavy atom. The van der Waals surface area contributed by atoms with Crippen LogP contribution in [0.1, 0.15) is 5.69 Å². The smallest absolute Gasteiger partial charge is 0.0949 e. The highest BCUT2D eigenvalue weighted by atomic mass is 16.5. The molecule has 0 aliphatic carbocycles. The number of methoxy groups -OCH3 is 1. The van der Waals surface area contributed by atoms with Crippen LogP contribution in [0.25, 0.3) is 0 Å². The molecule has 5 nitrogen and oxygen atoms in total. The summed E-state index contributed by atoms with van der Waals surface area (Å²) in [4.78, 5) is 0. The third kappa shape index (κ3) is 4.32. The van der Waals surface area contributed by atoms with Gasteiger partial charge >= 0.3 is 0 Å². The summed E-state index contributed by atoms with van der Waals surface area (Å²) >= 11 is 0. The summed E-state index contributed by atoms with van der Waals surface area (Å²) in [5.74, 6) is 0. The lowest BCUT2D eigenvalue weighted by molar-refractivity contribution is 0.0806. The van der Waals surface area contributed by atoms with E-state index in [2.05, 4.69) is 5.32 Å². The first-order valence-corrected chi connectivity index (χ1v) is 5.40. The van der Waals surface area contributed by atoms with Gasteiger partial charge in [-0.15, -0.1) is 0 Å². The van der Waals surface area contributed by atoms with Crippen LogP contribution < -0.4 is 5.32 Å². The fourth-order valence-corrected chi connectivity index (χ4v) is 1.46. The summed E-state index contributed by atoms with van der Waals surface area (Å²) in [5, 5.41) is 21.4. The Bertz CT molecular complexity index is 289. The number of aromatic nitrogens is 1. The van der Waals surface area contributed by atoms with E-state index < -0.39 is 6.10 Å². The molecule has 1 atom stereocenters. The minimum Gasteiger partial charge on any atom is -0.394 e. The van der Waals surface area contributed by atoms with Crippen molar-refractivity contribution in [2.24, 2.45) is 0 Å². The Morgan fingerprint density at radius 1 is 1.56 bits per heavy atom. The number of rotatable bonds is 8. The Hall–Kier alpha value is -0.880. The Morgan fingerprint density at radius 3 is 3.06 bits per heavy atom. The molecule has 0 spiro atoms. The van der Waals surface area contributed by atoms with Crippen molar-refractivity contribution in [3.8, 4) is 0 Å². The molecule has 0 aromatic carbocycles. The maximum absolute atomic E-state index is 9.35. The van der Waals surface area contributed by atoms with Gasteiger partial charge in [0, 0.05) is 32.1 Å². The van der Waals surface area contributed by atoms with E-state index in [4.69, 9.17) is 9.84 Å². The van der Waals surface area contributed by atoms with E-state index in [1.54, 1.807) is 7.11 Å². The van der Waals surface area contributed by atoms with Gasteiger partial charge in [0.2, 0.25) is 0 Å². The molecule has 3 N–H and O–H groups in total. The van der Waals surface area contributed by atoms with Crippen LogP contribution in [0, 0.1) is 0 Å². The highest BCUT2D eigenvalue weighted by molar-refractivity contribution is 5.07. The largest absolute Gasteiger partial charge is 0.394 e. The minimum atomic E-state index is -0.704. The summed E-state index contributed by atoms with van der Waals surface area (Å²) in [6.07, 6.45) is 1.19. The maximum atomic E-state index is 9.35. The number of nitrogens with one attached hydrogen (secondary N) is 1. The van der Waals surface area contributed by atoms with E-state index in [0.717, 1.165) is 18.8 Å². The predicted molar refractivity (Wildman–Crippen MR) is 61.1 cm³/mol. The lowest BCUT2D eigenvalue weighted by atomic mass is 10.3. The van der Waals surface area contributed by atoms with E-state index in [-0.39, 0.29) is 6.61 Å². The van der Waals surface area contributed by atoms with Crippen LogP contribution in [0.3, 0.4) is 0 Å². The standard InChI is InChI=1S/C11H20N2O3/c1-16-6-4-12-7-10-3-2-5-13(10)8-11(15)9-14/h2-3,5,11-12,14-15H,4,6-9H2,1H3. The normalized spacial score (nSPS) is 12.9. The van der Waals surface area contributed by atoms with Crippen LogP contribution in [0.5, 0.6) is 0 Å². The summed E-state index contributed by atoms with van der Waals surface area (Å²) in [6.45, 7) is 2.41. The molecule has 0 saturated carbocycles. The van der Waals surface area contributed by atoms with Gasteiger partial charge in [0.05, 0.1) is 25.9 Å². The van der Waals surface area contributed by atoms with Crippen LogP contribution >= 0.6 is 0 Å². The van der Waals surface area contributed by atoms with Gasteiger partial charge in [-0.1, -0.05) is 0 Å². The zero-order valence-corrected chi connectivity index (χ0v) is 9.59. The van der Waals surface area contributed by atoms with Crippen LogP contribution in [-0.4, -0.2) is 47.8 Å². The molecule has 0 radical (unpaired) electrons. The van der Waals surface area contributed by atoms with Crippen molar-refractivity contribution in [3.05, 3.63) is 24.0 Å². The lowest BCUT2D eigenvalue weighted by Crippen LogP contribution is -2.24. The van der Waals surface area contributed by atoms with E-state index in [1.165, 1.54) is 0 Å².